The highest BCUT2D eigenvalue weighted by atomic mass is 16.6. The Kier molecular flexibility index (Phi) is 4.70. The van der Waals surface area contributed by atoms with Gasteiger partial charge >= 0.3 is 5.97 Å². The first-order valence-corrected chi connectivity index (χ1v) is 5.53. The normalized spacial score (nSPS) is 36.9. The lowest BCUT2D eigenvalue weighted by atomic mass is 9.84. The minimum Gasteiger partial charge on any atom is -0.462 e. The first-order chi connectivity index (χ1) is 7.47. The maximum Gasteiger partial charge on any atom is 0.311 e. The smallest absolute Gasteiger partial charge is 0.311 e. The number of aliphatic hydroxyl groups excluding tert-OH is 2. The summed E-state index contributed by atoms with van der Waals surface area (Å²) in [5.74, 6) is -1.06. The monoisotopic (exact) mass is 232 g/mol. The molecule has 0 amide bonds. The van der Waals surface area contributed by atoms with Gasteiger partial charge in [0.1, 0.15) is 6.10 Å². The fraction of sp³-hybridized carbons (Fsp3) is 0.909. The third kappa shape index (κ3) is 2.93. The van der Waals surface area contributed by atoms with Crippen molar-refractivity contribution in [3.63, 3.8) is 0 Å². The van der Waals surface area contributed by atoms with Crippen molar-refractivity contribution in [2.45, 2.75) is 38.6 Å². The van der Waals surface area contributed by atoms with Gasteiger partial charge in [0.05, 0.1) is 24.7 Å². The summed E-state index contributed by atoms with van der Waals surface area (Å²) in [5.41, 5.74) is 0. The fourth-order valence-corrected chi connectivity index (χ4v) is 1.97. The number of carbonyl (C=O) groups excluding carboxylic acids is 1. The predicted octanol–water partition coefficient (Wildman–Crippen LogP) is -0.0577. The van der Waals surface area contributed by atoms with Crippen LogP contribution in [0.1, 0.15) is 20.3 Å². The van der Waals surface area contributed by atoms with Gasteiger partial charge in [0.15, 0.2) is 0 Å². The van der Waals surface area contributed by atoms with E-state index >= 15 is 0 Å². The van der Waals surface area contributed by atoms with Crippen molar-refractivity contribution in [1.82, 2.24) is 0 Å². The van der Waals surface area contributed by atoms with Crippen molar-refractivity contribution in [2.75, 3.05) is 13.7 Å². The highest BCUT2D eigenvalue weighted by molar-refractivity contribution is 5.73. The van der Waals surface area contributed by atoms with Crippen LogP contribution in [-0.4, -0.2) is 48.2 Å². The second-order valence-corrected chi connectivity index (χ2v) is 4.46. The maximum absolute atomic E-state index is 11.4. The molecule has 5 atom stereocenters. The largest absolute Gasteiger partial charge is 0.462 e. The summed E-state index contributed by atoms with van der Waals surface area (Å²) in [5, 5.41) is 19.4. The van der Waals surface area contributed by atoms with E-state index in [9.17, 15) is 15.0 Å². The molecule has 5 nitrogen and oxygen atoms in total. The molecule has 1 saturated heterocycles. The van der Waals surface area contributed by atoms with Crippen LogP contribution in [0.15, 0.2) is 0 Å². The number of cyclic esters (lactones) is 1. The van der Waals surface area contributed by atoms with Crippen LogP contribution in [0.3, 0.4) is 0 Å². The van der Waals surface area contributed by atoms with Gasteiger partial charge in [-0.1, -0.05) is 6.92 Å². The number of hydrogen-bond donors (Lipinski definition) is 2. The molecule has 1 aliphatic rings. The summed E-state index contributed by atoms with van der Waals surface area (Å²) < 4.78 is 9.99. The van der Waals surface area contributed by atoms with Gasteiger partial charge in [-0.15, -0.1) is 0 Å². The first-order valence-electron chi connectivity index (χ1n) is 5.53. The SMILES string of the molecule is COC[C@H](O)C[C@H]1OC(=O)[C@H](C)[C@@H](O)[C@H]1C. The third-order valence-corrected chi connectivity index (χ3v) is 3.14. The Morgan fingerprint density at radius 1 is 1.50 bits per heavy atom. The van der Waals surface area contributed by atoms with Crippen molar-refractivity contribution < 1.29 is 24.5 Å². The predicted molar refractivity (Wildman–Crippen MR) is 56.7 cm³/mol. The molecule has 0 aromatic carbocycles. The zero-order chi connectivity index (χ0) is 12.3. The molecule has 1 rings (SSSR count). The third-order valence-electron chi connectivity index (χ3n) is 3.14. The Labute approximate surface area is 95.4 Å². The first kappa shape index (κ1) is 13.4. The summed E-state index contributed by atoms with van der Waals surface area (Å²) in [6.07, 6.45) is -1.53. The molecule has 0 unspecified atom stereocenters. The van der Waals surface area contributed by atoms with E-state index in [4.69, 9.17) is 9.47 Å². The van der Waals surface area contributed by atoms with Crippen molar-refractivity contribution >= 4 is 5.97 Å². The van der Waals surface area contributed by atoms with Gasteiger partial charge in [-0.2, -0.15) is 0 Å². The Hall–Kier alpha value is -0.650. The molecule has 0 radical (unpaired) electrons. The molecular formula is C11H20O5. The molecule has 0 aromatic rings. The van der Waals surface area contributed by atoms with E-state index < -0.39 is 30.2 Å². The maximum atomic E-state index is 11.4. The van der Waals surface area contributed by atoms with Crippen LogP contribution in [0, 0.1) is 11.8 Å². The Balaban J connectivity index is 2.57. The van der Waals surface area contributed by atoms with Crippen molar-refractivity contribution in [3.8, 4) is 0 Å². The van der Waals surface area contributed by atoms with Crippen LogP contribution < -0.4 is 0 Å². The average molecular weight is 232 g/mol. The molecule has 1 fully saturated rings. The molecule has 1 aliphatic heterocycles. The Bertz CT molecular complexity index is 243. The van der Waals surface area contributed by atoms with Gasteiger partial charge in [0.25, 0.3) is 0 Å². The number of aliphatic hydroxyl groups is 2. The summed E-state index contributed by atoms with van der Waals surface area (Å²) in [7, 11) is 1.50. The molecule has 0 aliphatic carbocycles. The van der Waals surface area contributed by atoms with Crippen LogP contribution in [0.25, 0.3) is 0 Å². The minimum atomic E-state index is -0.707. The van der Waals surface area contributed by atoms with E-state index in [2.05, 4.69) is 0 Å². The van der Waals surface area contributed by atoms with E-state index in [0.717, 1.165) is 0 Å². The van der Waals surface area contributed by atoms with Crippen LogP contribution in [0.5, 0.6) is 0 Å². The zero-order valence-electron chi connectivity index (χ0n) is 9.92. The molecule has 0 saturated carbocycles. The van der Waals surface area contributed by atoms with E-state index in [1.165, 1.54) is 7.11 Å². The van der Waals surface area contributed by atoms with Crippen LogP contribution in [0.4, 0.5) is 0 Å². The van der Waals surface area contributed by atoms with Gasteiger partial charge in [0.2, 0.25) is 0 Å². The van der Waals surface area contributed by atoms with E-state index in [1.54, 1.807) is 6.92 Å². The van der Waals surface area contributed by atoms with Gasteiger partial charge < -0.3 is 19.7 Å². The van der Waals surface area contributed by atoms with E-state index in [-0.39, 0.29) is 12.5 Å². The van der Waals surface area contributed by atoms with Crippen molar-refractivity contribution in [1.29, 1.82) is 0 Å². The Morgan fingerprint density at radius 2 is 2.12 bits per heavy atom. The highest BCUT2D eigenvalue weighted by Gasteiger charge is 2.40. The number of carbonyl (C=O) groups is 1. The van der Waals surface area contributed by atoms with Gasteiger partial charge in [-0.05, 0) is 6.92 Å². The molecule has 0 aromatic heterocycles. The molecule has 0 bridgehead atoms. The van der Waals surface area contributed by atoms with Crippen molar-refractivity contribution in [2.24, 2.45) is 11.8 Å². The lowest BCUT2D eigenvalue weighted by molar-refractivity contribution is -0.180. The topological polar surface area (TPSA) is 76.0 Å². The zero-order valence-corrected chi connectivity index (χ0v) is 9.92. The second kappa shape index (κ2) is 5.61. The van der Waals surface area contributed by atoms with E-state index in [0.29, 0.717) is 6.42 Å². The molecule has 0 spiro atoms. The second-order valence-electron chi connectivity index (χ2n) is 4.46. The summed E-state index contributed by atoms with van der Waals surface area (Å²) in [4.78, 5) is 11.4. The molecule has 2 N–H and O–H groups in total. The number of rotatable bonds is 4. The van der Waals surface area contributed by atoms with Gasteiger partial charge in [-0.3, -0.25) is 4.79 Å². The molecular weight excluding hydrogens is 212 g/mol. The average Bonchev–Trinajstić information content (AvgIpc) is 2.23. The van der Waals surface area contributed by atoms with Crippen LogP contribution in [-0.2, 0) is 14.3 Å². The molecule has 94 valence electrons. The summed E-state index contributed by atoms with van der Waals surface area (Å²) >= 11 is 0. The molecule has 1 heterocycles. The lowest BCUT2D eigenvalue weighted by Crippen LogP contribution is -2.47. The molecule has 16 heavy (non-hydrogen) atoms. The fourth-order valence-electron chi connectivity index (χ4n) is 1.97. The van der Waals surface area contributed by atoms with Crippen LogP contribution >= 0.6 is 0 Å². The van der Waals surface area contributed by atoms with E-state index in [1.807, 2.05) is 6.92 Å². The van der Waals surface area contributed by atoms with Gasteiger partial charge in [0, 0.05) is 19.4 Å². The minimum absolute atomic E-state index is 0.167. The quantitative estimate of drug-likeness (QED) is 0.664. The summed E-state index contributed by atoms with van der Waals surface area (Å²) in [6.45, 7) is 3.66. The lowest BCUT2D eigenvalue weighted by Gasteiger charge is -2.37. The standard InChI is InChI=1S/C11H20O5/c1-6-9(4-8(12)5-15-3)16-11(14)7(2)10(6)13/h6-10,12-13H,4-5H2,1-3H3/t6-,7+,8+,9+,10-/m0/s1. The number of ether oxygens (including phenoxy) is 2. The Morgan fingerprint density at radius 3 is 2.69 bits per heavy atom. The highest BCUT2D eigenvalue weighted by Crippen LogP contribution is 2.28. The number of methoxy groups -OCH3 is 1. The number of hydrogen-bond acceptors (Lipinski definition) is 5. The van der Waals surface area contributed by atoms with Gasteiger partial charge in [-0.25, -0.2) is 0 Å². The van der Waals surface area contributed by atoms with Crippen LogP contribution in [0.2, 0.25) is 0 Å². The van der Waals surface area contributed by atoms with Crippen molar-refractivity contribution in [3.05, 3.63) is 0 Å². The number of esters is 1. The summed E-state index contributed by atoms with van der Waals surface area (Å²) in [6, 6.07) is 0. The molecule has 5 heteroatoms.